The first kappa shape index (κ1) is 12.6. The van der Waals surface area contributed by atoms with Crippen LogP contribution in [0.2, 0.25) is 0 Å². The first-order valence-corrected chi connectivity index (χ1v) is 4.65. The third-order valence-corrected chi connectivity index (χ3v) is 2.09. The van der Waals surface area contributed by atoms with Crippen molar-refractivity contribution in [3.05, 3.63) is 0 Å². The van der Waals surface area contributed by atoms with E-state index in [0.29, 0.717) is 13.2 Å². The van der Waals surface area contributed by atoms with Gasteiger partial charge in [0.25, 0.3) is 0 Å². The van der Waals surface area contributed by atoms with Crippen LogP contribution < -0.4 is 0 Å². The summed E-state index contributed by atoms with van der Waals surface area (Å²) in [4.78, 5) is 10.8. The molecule has 0 aromatic rings. The summed E-state index contributed by atoms with van der Waals surface area (Å²) >= 11 is 0. The molecule has 0 aliphatic heterocycles. The molecule has 0 saturated carbocycles. The molecule has 3 nitrogen and oxygen atoms in total. The molecule has 0 amide bonds. The zero-order valence-corrected chi connectivity index (χ0v) is 9.00. The van der Waals surface area contributed by atoms with Crippen molar-refractivity contribution < 1.29 is 14.3 Å². The number of methoxy groups -OCH3 is 1. The maximum Gasteiger partial charge on any atom is 0.128 e. The van der Waals surface area contributed by atoms with Crippen molar-refractivity contribution in [3.8, 4) is 0 Å². The second-order valence-electron chi connectivity index (χ2n) is 3.66. The Morgan fingerprint density at radius 2 is 2.08 bits per heavy atom. The molecule has 0 radical (unpaired) electrons. The summed E-state index contributed by atoms with van der Waals surface area (Å²) in [6.45, 7) is 6.96. The largest absolute Gasteiger partial charge is 0.385 e. The number of carbonyl (C=O) groups excluding carboxylic acids is 1. The van der Waals surface area contributed by atoms with Crippen molar-refractivity contribution in [2.24, 2.45) is 5.41 Å². The molecule has 0 aliphatic carbocycles. The molecule has 1 atom stereocenters. The van der Waals surface area contributed by atoms with Gasteiger partial charge in [-0.15, -0.1) is 0 Å². The first-order valence-electron chi connectivity index (χ1n) is 4.65. The lowest BCUT2D eigenvalue weighted by atomic mass is 9.86. The minimum Gasteiger partial charge on any atom is -0.385 e. The minimum atomic E-state index is -0.422. The Labute approximate surface area is 80.4 Å². The molecular weight excluding hydrogens is 168 g/mol. The van der Waals surface area contributed by atoms with Gasteiger partial charge >= 0.3 is 0 Å². The van der Waals surface area contributed by atoms with Gasteiger partial charge in [-0.1, -0.05) is 13.8 Å². The van der Waals surface area contributed by atoms with Crippen LogP contribution in [0.25, 0.3) is 0 Å². The molecule has 0 aliphatic rings. The van der Waals surface area contributed by atoms with E-state index in [0.717, 1.165) is 12.7 Å². The number of aldehydes is 1. The molecule has 0 fully saturated rings. The summed E-state index contributed by atoms with van der Waals surface area (Å²) in [6.07, 6.45) is 1.66. The Hall–Kier alpha value is -0.410. The van der Waals surface area contributed by atoms with E-state index in [9.17, 15) is 4.79 Å². The molecule has 0 saturated heterocycles. The quantitative estimate of drug-likeness (QED) is 0.570. The van der Waals surface area contributed by atoms with Gasteiger partial charge in [-0.2, -0.15) is 0 Å². The van der Waals surface area contributed by atoms with Gasteiger partial charge in [0.05, 0.1) is 6.10 Å². The average Bonchev–Trinajstić information content (AvgIpc) is 2.12. The lowest BCUT2D eigenvalue weighted by Gasteiger charge is -2.28. The van der Waals surface area contributed by atoms with E-state index in [1.807, 2.05) is 20.8 Å². The molecule has 13 heavy (non-hydrogen) atoms. The van der Waals surface area contributed by atoms with Crippen LogP contribution in [0.5, 0.6) is 0 Å². The van der Waals surface area contributed by atoms with Crippen LogP contribution in [-0.2, 0) is 14.3 Å². The predicted molar refractivity (Wildman–Crippen MR) is 51.8 cm³/mol. The van der Waals surface area contributed by atoms with Gasteiger partial charge in [0, 0.05) is 25.7 Å². The number of ether oxygens (including phenoxy) is 2. The fraction of sp³-hybridized carbons (Fsp3) is 0.900. The van der Waals surface area contributed by atoms with E-state index >= 15 is 0 Å². The highest BCUT2D eigenvalue weighted by atomic mass is 16.5. The third kappa shape index (κ3) is 4.39. The number of hydrogen-bond donors (Lipinski definition) is 0. The Morgan fingerprint density at radius 1 is 1.46 bits per heavy atom. The van der Waals surface area contributed by atoms with Gasteiger partial charge in [0.15, 0.2) is 0 Å². The van der Waals surface area contributed by atoms with E-state index in [2.05, 4.69) is 0 Å². The third-order valence-electron chi connectivity index (χ3n) is 2.09. The molecule has 3 heteroatoms. The molecule has 0 spiro atoms. The van der Waals surface area contributed by atoms with Gasteiger partial charge < -0.3 is 14.3 Å². The summed E-state index contributed by atoms with van der Waals surface area (Å²) in [5.74, 6) is 0. The smallest absolute Gasteiger partial charge is 0.128 e. The summed E-state index contributed by atoms with van der Waals surface area (Å²) in [6, 6.07) is 0. The van der Waals surface area contributed by atoms with E-state index < -0.39 is 5.41 Å². The van der Waals surface area contributed by atoms with Gasteiger partial charge in [-0.05, 0) is 13.3 Å². The normalized spacial score (nSPS) is 14.2. The molecule has 0 heterocycles. The molecule has 0 aromatic heterocycles. The molecule has 78 valence electrons. The van der Waals surface area contributed by atoms with Crippen LogP contribution in [0.15, 0.2) is 0 Å². The topological polar surface area (TPSA) is 35.5 Å². The van der Waals surface area contributed by atoms with Crippen LogP contribution in [0.3, 0.4) is 0 Å². The molecule has 0 aromatic carbocycles. The second kappa shape index (κ2) is 6.11. The monoisotopic (exact) mass is 188 g/mol. The maximum absolute atomic E-state index is 10.8. The minimum absolute atomic E-state index is 0.0463. The predicted octanol–water partition coefficient (Wildman–Crippen LogP) is 1.65. The number of rotatable bonds is 7. The van der Waals surface area contributed by atoms with E-state index in [4.69, 9.17) is 9.47 Å². The van der Waals surface area contributed by atoms with Crippen molar-refractivity contribution in [1.82, 2.24) is 0 Å². The van der Waals surface area contributed by atoms with Crippen molar-refractivity contribution in [2.75, 3.05) is 20.3 Å². The van der Waals surface area contributed by atoms with Gasteiger partial charge in [-0.3, -0.25) is 0 Å². The molecule has 0 bridgehead atoms. The van der Waals surface area contributed by atoms with Crippen molar-refractivity contribution in [1.29, 1.82) is 0 Å². The summed E-state index contributed by atoms with van der Waals surface area (Å²) in [5.41, 5.74) is -0.422. The highest BCUT2D eigenvalue weighted by Crippen LogP contribution is 2.23. The first-order chi connectivity index (χ1) is 6.08. The second-order valence-corrected chi connectivity index (χ2v) is 3.66. The lowest BCUT2D eigenvalue weighted by Crippen LogP contribution is -2.34. The zero-order chi connectivity index (χ0) is 10.3. The van der Waals surface area contributed by atoms with E-state index in [1.54, 1.807) is 7.11 Å². The van der Waals surface area contributed by atoms with Gasteiger partial charge in [0.2, 0.25) is 0 Å². The van der Waals surface area contributed by atoms with Crippen molar-refractivity contribution >= 4 is 6.29 Å². The summed E-state index contributed by atoms with van der Waals surface area (Å²) < 4.78 is 10.5. The Kier molecular flexibility index (Phi) is 5.91. The van der Waals surface area contributed by atoms with Crippen LogP contribution >= 0.6 is 0 Å². The Balaban J connectivity index is 4.13. The van der Waals surface area contributed by atoms with Gasteiger partial charge in [0.1, 0.15) is 6.29 Å². The van der Waals surface area contributed by atoms with Crippen molar-refractivity contribution in [3.63, 3.8) is 0 Å². The SMILES string of the molecule is CCO[C@@H](CCOC)C(C)(C)C=O. The summed E-state index contributed by atoms with van der Waals surface area (Å²) in [7, 11) is 1.65. The molecule has 0 rings (SSSR count). The molecule has 0 N–H and O–H groups in total. The fourth-order valence-electron chi connectivity index (χ4n) is 1.17. The van der Waals surface area contributed by atoms with Crippen molar-refractivity contribution in [2.45, 2.75) is 33.3 Å². The zero-order valence-electron chi connectivity index (χ0n) is 9.00. The standard InChI is InChI=1S/C10H20O3/c1-5-13-9(6-7-12-4)10(2,3)8-11/h8-9H,5-7H2,1-4H3/t9-/m0/s1. The highest BCUT2D eigenvalue weighted by Gasteiger charge is 2.29. The van der Waals surface area contributed by atoms with E-state index in [1.165, 1.54) is 0 Å². The van der Waals surface area contributed by atoms with Gasteiger partial charge in [-0.25, -0.2) is 0 Å². The Bertz CT molecular complexity index is 143. The summed E-state index contributed by atoms with van der Waals surface area (Å²) in [5, 5.41) is 0. The fourth-order valence-corrected chi connectivity index (χ4v) is 1.17. The molecule has 0 unspecified atom stereocenters. The Morgan fingerprint density at radius 3 is 2.46 bits per heavy atom. The molecular formula is C10H20O3. The number of carbonyl (C=O) groups is 1. The van der Waals surface area contributed by atoms with E-state index in [-0.39, 0.29) is 6.10 Å². The lowest BCUT2D eigenvalue weighted by molar-refractivity contribution is -0.124. The van der Waals surface area contributed by atoms with Crippen LogP contribution in [0.4, 0.5) is 0 Å². The maximum atomic E-state index is 10.8. The highest BCUT2D eigenvalue weighted by molar-refractivity contribution is 5.59. The average molecular weight is 188 g/mol. The van der Waals surface area contributed by atoms with Crippen LogP contribution in [0, 0.1) is 5.41 Å². The van der Waals surface area contributed by atoms with Crippen LogP contribution in [-0.4, -0.2) is 32.7 Å². The van der Waals surface area contributed by atoms with Crippen LogP contribution in [0.1, 0.15) is 27.2 Å². The number of hydrogen-bond acceptors (Lipinski definition) is 3.